The van der Waals surface area contributed by atoms with Gasteiger partial charge >= 0.3 is 0 Å². The van der Waals surface area contributed by atoms with E-state index in [1.165, 1.54) is 0 Å². The molecule has 5 heteroatoms. The number of anilines is 1. The molecule has 4 rings (SSSR count). The lowest BCUT2D eigenvalue weighted by Crippen LogP contribution is -2.49. The molecule has 132 valence electrons. The van der Waals surface area contributed by atoms with Gasteiger partial charge in [-0.25, -0.2) is 4.98 Å². The molecule has 0 unspecified atom stereocenters. The molecule has 1 saturated heterocycles. The molecule has 1 aliphatic heterocycles. The van der Waals surface area contributed by atoms with E-state index in [-0.39, 0.29) is 11.9 Å². The number of rotatable bonds is 3. The fourth-order valence-electron chi connectivity index (χ4n) is 3.64. The van der Waals surface area contributed by atoms with Crippen LogP contribution in [-0.2, 0) is 0 Å². The van der Waals surface area contributed by atoms with E-state index in [4.69, 9.17) is 0 Å². The number of fused-ring (bicyclic) bond motifs is 1. The molecule has 0 aliphatic carbocycles. The maximum Gasteiger partial charge on any atom is 0.273 e. The van der Waals surface area contributed by atoms with Crippen LogP contribution in [0.2, 0.25) is 0 Å². The summed E-state index contributed by atoms with van der Waals surface area (Å²) in [6.07, 6.45) is 5.57. The van der Waals surface area contributed by atoms with Crippen LogP contribution in [0.5, 0.6) is 0 Å². The Morgan fingerprint density at radius 2 is 1.92 bits per heavy atom. The molecule has 0 spiro atoms. The van der Waals surface area contributed by atoms with E-state index in [9.17, 15) is 4.79 Å². The normalized spacial score (nSPS) is 17.3. The molecule has 1 atom stereocenters. The minimum Gasteiger partial charge on any atom is -0.355 e. The number of hydrogen-bond donors (Lipinski definition) is 0. The first-order chi connectivity index (χ1) is 12.7. The predicted octanol–water partition coefficient (Wildman–Crippen LogP) is 3.37. The van der Waals surface area contributed by atoms with E-state index < -0.39 is 0 Å². The van der Waals surface area contributed by atoms with E-state index >= 15 is 0 Å². The minimum absolute atomic E-state index is 0.0188. The molecule has 3 heterocycles. The van der Waals surface area contributed by atoms with E-state index in [0.717, 1.165) is 42.5 Å². The summed E-state index contributed by atoms with van der Waals surface area (Å²) in [7, 11) is 1.89. The number of hydrogen-bond acceptors (Lipinski definition) is 4. The molecular formula is C21H22N4O. The molecule has 26 heavy (non-hydrogen) atoms. The summed E-state index contributed by atoms with van der Waals surface area (Å²) in [4.78, 5) is 26.1. The van der Waals surface area contributed by atoms with Gasteiger partial charge < -0.3 is 9.80 Å². The quantitative estimate of drug-likeness (QED) is 0.730. The van der Waals surface area contributed by atoms with Crippen LogP contribution in [0, 0.1) is 0 Å². The SMILES string of the molecule is CN(C(=O)c1nccc2ccccc12)[C@@H]1CCCN(c2ccccn2)C1. The molecule has 1 fully saturated rings. The van der Waals surface area contributed by atoms with Crippen molar-refractivity contribution in [3.8, 4) is 0 Å². The summed E-state index contributed by atoms with van der Waals surface area (Å²) in [6, 6.07) is 15.9. The van der Waals surface area contributed by atoms with E-state index in [0.29, 0.717) is 5.69 Å². The average molecular weight is 346 g/mol. The molecule has 0 N–H and O–H groups in total. The third-order valence-corrected chi connectivity index (χ3v) is 5.11. The van der Waals surface area contributed by atoms with E-state index in [1.54, 1.807) is 6.20 Å². The van der Waals surface area contributed by atoms with Crippen molar-refractivity contribution in [2.24, 2.45) is 0 Å². The number of carbonyl (C=O) groups is 1. The molecule has 0 radical (unpaired) electrons. The van der Waals surface area contributed by atoms with Crippen LogP contribution in [0.4, 0.5) is 5.82 Å². The topological polar surface area (TPSA) is 49.3 Å². The van der Waals surface area contributed by atoms with Crippen LogP contribution in [-0.4, -0.2) is 47.0 Å². The molecule has 0 saturated carbocycles. The summed E-state index contributed by atoms with van der Waals surface area (Å²) in [6.45, 7) is 1.77. The smallest absolute Gasteiger partial charge is 0.273 e. The lowest BCUT2D eigenvalue weighted by atomic mass is 10.0. The number of nitrogens with zero attached hydrogens (tertiary/aromatic N) is 4. The highest BCUT2D eigenvalue weighted by atomic mass is 16.2. The van der Waals surface area contributed by atoms with Gasteiger partial charge in [0.1, 0.15) is 11.5 Å². The van der Waals surface area contributed by atoms with Gasteiger partial charge in [0.2, 0.25) is 0 Å². The first-order valence-electron chi connectivity index (χ1n) is 9.01. The first kappa shape index (κ1) is 16.5. The van der Waals surface area contributed by atoms with Crippen molar-refractivity contribution in [2.75, 3.05) is 25.0 Å². The fraction of sp³-hybridized carbons (Fsp3) is 0.286. The van der Waals surface area contributed by atoms with Gasteiger partial charge in [-0.15, -0.1) is 0 Å². The maximum atomic E-state index is 13.1. The number of pyridine rings is 2. The van der Waals surface area contributed by atoms with E-state index in [1.807, 2.05) is 66.7 Å². The predicted molar refractivity (Wildman–Crippen MR) is 103 cm³/mol. The Kier molecular flexibility index (Phi) is 4.52. The van der Waals surface area contributed by atoms with Crippen molar-refractivity contribution in [3.05, 3.63) is 66.6 Å². The van der Waals surface area contributed by atoms with Gasteiger partial charge in [0.25, 0.3) is 5.91 Å². The highest BCUT2D eigenvalue weighted by Crippen LogP contribution is 2.23. The van der Waals surface area contributed by atoms with Crippen molar-refractivity contribution in [1.29, 1.82) is 0 Å². The molecule has 1 amide bonds. The van der Waals surface area contributed by atoms with Gasteiger partial charge in [0.15, 0.2) is 0 Å². The number of piperidine rings is 1. The van der Waals surface area contributed by atoms with Crippen LogP contribution >= 0.6 is 0 Å². The molecular weight excluding hydrogens is 324 g/mol. The lowest BCUT2D eigenvalue weighted by Gasteiger charge is -2.38. The zero-order valence-electron chi connectivity index (χ0n) is 14.9. The standard InChI is InChI=1S/C21H22N4O/c1-24(17-8-6-14-25(15-17)19-10-4-5-12-22-19)21(26)20-18-9-3-2-7-16(18)11-13-23-20/h2-5,7,9-13,17H,6,8,14-15H2,1H3/t17-/m1/s1. The second-order valence-corrected chi connectivity index (χ2v) is 6.73. The fourth-order valence-corrected chi connectivity index (χ4v) is 3.64. The Hall–Kier alpha value is -2.95. The molecule has 2 aromatic heterocycles. The second-order valence-electron chi connectivity index (χ2n) is 6.73. The van der Waals surface area contributed by atoms with Gasteiger partial charge in [-0.1, -0.05) is 30.3 Å². The Bertz CT molecular complexity index is 907. The van der Waals surface area contributed by atoms with Crippen LogP contribution in [0.3, 0.4) is 0 Å². The average Bonchev–Trinajstić information content (AvgIpc) is 2.73. The molecule has 5 nitrogen and oxygen atoms in total. The van der Waals surface area contributed by atoms with Crippen molar-refractivity contribution >= 4 is 22.5 Å². The highest BCUT2D eigenvalue weighted by molar-refractivity contribution is 6.05. The number of benzene rings is 1. The minimum atomic E-state index is -0.0188. The number of likely N-dealkylation sites (N-methyl/N-ethyl adjacent to an activating group) is 1. The summed E-state index contributed by atoms with van der Waals surface area (Å²) >= 11 is 0. The molecule has 1 aromatic carbocycles. The second kappa shape index (κ2) is 7.12. The summed E-state index contributed by atoms with van der Waals surface area (Å²) in [5.74, 6) is 0.955. The Labute approximate surface area is 153 Å². The van der Waals surface area contributed by atoms with Gasteiger partial charge in [-0.05, 0) is 36.4 Å². The Balaban J connectivity index is 1.56. The number of amides is 1. The van der Waals surface area contributed by atoms with Gasteiger partial charge in [-0.3, -0.25) is 9.78 Å². The number of carbonyl (C=O) groups excluding carboxylic acids is 1. The summed E-state index contributed by atoms with van der Waals surface area (Å²) in [5.41, 5.74) is 0.528. The highest BCUT2D eigenvalue weighted by Gasteiger charge is 2.28. The molecule has 3 aromatic rings. The summed E-state index contributed by atoms with van der Waals surface area (Å²) in [5, 5.41) is 1.95. The Morgan fingerprint density at radius 1 is 1.08 bits per heavy atom. The van der Waals surface area contributed by atoms with Crippen molar-refractivity contribution in [1.82, 2.24) is 14.9 Å². The van der Waals surface area contributed by atoms with Gasteiger partial charge in [-0.2, -0.15) is 0 Å². The van der Waals surface area contributed by atoms with E-state index in [2.05, 4.69) is 14.9 Å². The first-order valence-corrected chi connectivity index (χ1v) is 9.01. The van der Waals surface area contributed by atoms with Crippen LogP contribution in [0.15, 0.2) is 60.9 Å². The monoisotopic (exact) mass is 346 g/mol. The summed E-state index contributed by atoms with van der Waals surface area (Å²) < 4.78 is 0. The third-order valence-electron chi connectivity index (χ3n) is 5.11. The van der Waals surface area contributed by atoms with Gasteiger partial charge in [0, 0.05) is 44.0 Å². The van der Waals surface area contributed by atoms with Crippen LogP contribution < -0.4 is 4.90 Å². The molecule has 1 aliphatic rings. The largest absolute Gasteiger partial charge is 0.355 e. The number of aromatic nitrogens is 2. The Morgan fingerprint density at radius 3 is 2.77 bits per heavy atom. The zero-order valence-corrected chi connectivity index (χ0v) is 14.9. The lowest BCUT2D eigenvalue weighted by molar-refractivity contribution is 0.0713. The zero-order chi connectivity index (χ0) is 17.9. The van der Waals surface area contributed by atoms with Crippen molar-refractivity contribution in [3.63, 3.8) is 0 Å². The third kappa shape index (κ3) is 3.12. The van der Waals surface area contributed by atoms with Gasteiger partial charge in [0.05, 0.1) is 0 Å². The van der Waals surface area contributed by atoms with Crippen molar-refractivity contribution < 1.29 is 4.79 Å². The maximum absolute atomic E-state index is 13.1. The van der Waals surface area contributed by atoms with Crippen molar-refractivity contribution in [2.45, 2.75) is 18.9 Å². The van der Waals surface area contributed by atoms with Crippen LogP contribution in [0.25, 0.3) is 10.8 Å². The molecule has 0 bridgehead atoms. The van der Waals surface area contributed by atoms with Crippen LogP contribution in [0.1, 0.15) is 23.3 Å².